The van der Waals surface area contributed by atoms with E-state index in [0.717, 1.165) is 0 Å². The van der Waals surface area contributed by atoms with Crippen molar-refractivity contribution in [1.82, 2.24) is 0 Å². The van der Waals surface area contributed by atoms with E-state index in [2.05, 4.69) is 234 Å². The maximum absolute atomic E-state index is 2.64. The quantitative estimate of drug-likeness (QED) is 0.0339. The Kier molecular flexibility index (Phi) is 19.3. The molecule has 2 aliphatic carbocycles. The summed E-state index contributed by atoms with van der Waals surface area (Å²) in [7, 11) is 0. The fourth-order valence-corrected chi connectivity index (χ4v) is 13.2. The van der Waals surface area contributed by atoms with Crippen LogP contribution in [0.15, 0.2) is 182 Å². The summed E-state index contributed by atoms with van der Waals surface area (Å²) in [6, 6.07) is 60.5. The number of fused-ring (bicyclic) bond motifs is 6. The predicted octanol–water partition coefficient (Wildman–Crippen LogP) is 22.9. The Balaban J connectivity index is 1.23. The third-order valence-electron chi connectivity index (χ3n) is 17.2. The number of allylic oxidation sites excluding steroid dienone is 4. The largest absolute Gasteiger partial charge is 0.0654 e. The summed E-state index contributed by atoms with van der Waals surface area (Å²) in [5.74, 6) is 0. The van der Waals surface area contributed by atoms with Crippen LogP contribution in [0.1, 0.15) is 201 Å². The number of hydrogen-bond donors (Lipinski definition) is 0. The van der Waals surface area contributed by atoms with Gasteiger partial charge in [0.25, 0.3) is 0 Å². The third kappa shape index (κ3) is 12.3. The molecule has 0 radical (unpaired) electrons. The summed E-state index contributed by atoms with van der Waals surface area (Å²) >= 11 is 0. The Labute approximate surface area is 459 Å². The molecule has 0 heteroatoms. The average Bonchev–Trinajstić information content (AvgIpc) is 4.05. The normalized spacial score (nSPS) is 14.1. The van der Waals surface area contributed by atoms with E-state index in [-0.39, 0.29) is 10.8 Å². The molecular formula is C76H86. The summed E-state index contributed by atoms with van der Waals surface area (Å²) < 4.78 is 0. The van der Waals surface area contributed by atoms with Gasteiger partial charge in [-0.05, 0) is 139 Å². The molecular weight excluding hydrogens is 913 g/mol. The van der Waals surface area contributed by atoms with Crippen LogP contribution in [-0.4, -0.2) is 0 Å². The van der Waals surface area contributed by atoms with Gasteiger partial charge in [0.15, 0.2) is 0 Å². The minimum absolute atomic E-state index is 0.00429. The summed E-state index contributed by atoms with van der Waals surface area (Å²) in [6.45, 7) is 9.36. The average molecular weight is 1000 g/mol. The zero-order chi connectivity index (χ0) is 52.4. The Morgan fingerprint density at radius 1 is 0.276 bits per heavy atom. The highest BCUT2D eigenvalue weighted by atomic mass is 14.5. The molecule has 0 spiro atoms. The fourth-order valence-electron chi connectivity index (χ4n) is 13.2. The summed E-state index contributed by atoms with van der Waals surface area (Å²) in [5, 5.41) is 0. The lowest BCUT2D eigenvalue weighted by atomic mass is 9.70. The van der Waals surface area contributed by atoms with E-state index >= 15 is 0 Å². The zero-order valence-corrected chi connectivity index (χ0v) is 46.8. The maximum atomic E-state index is 2.64. The van der Waals surface area contributed by atoms with Crippen LogP contribution in [0, 0.1) is 0 Å². The third-order valence-corrected chi connectivity index (χ3v) is 17.2. The van der Waals surface area contributed by atoms with Crippen LogP contribution in [-0.2, 0) is 10.8 Å². The van der Waals surface area contributed by atoms with Crippen molar-refractivity contribution in [2.24, 2.45) is 0 Å². The van der Waals surface area contributed by atoms with Gasteiger partial charge in [-0.25, -0.2) is 0 Å². The molecule has 0 N–H and O–H groups in total. The number of hydrogen-bond acceptors (Lipinski definition) is 0. The van der Waals surface area contributed by atoms with Crippen LogP contribution < -0.4 is 0 Å². The molecule has 0 nitrogen and oxygen atoms in total. The first-order chi connectivity index (χ1) is 37.5. The lowest BCUT2D eigenvalue weighted by Gasteiger charge is -2.33. The fraction of sp³-hybridized carbons (Fsp3) is 0.342. The van der Waals surface area contributed by atoms with Crippen LogP contribution >= 0.6 is 0 Å². The molecule has 390 valence electrons. The zero-order valence-electron chi connectivity index (χ0n) is 46.8. The van der Waals surface area contributed by atoms with Gasteiger partial charge in [-0.15, -0.1) is 0 Å². The van der Waals surface area contributed by atoms with Crippen LogP contribution in [0.2, 0.25) is 0 Å². The highest BCUT2D eigenvalue weighted by Gasteiger charge is 2.44. The first-order valence-corrected chi connectivity index (χ1v) is 30.0. The van der Waals surface area contributed by atoms with Crippen molar-refractivity contribution in [3.8, 4) is 44.5 Å². The lowest BCUT2D eigenvalue weighted by molar-refractivity contribution is 0.401. The summed E-state index contributed by atoms with van der Waals surface area (Å²) in [6.07, 6.45) is 43.4. The van der Waals surface area contributed by atoms with E-state index in [1.165, 1.54) is 206 Å². The van der Waals surface area contributed by atoms with Gasteiger partial charge in [0.2, 0.25) is 0 Å². The van der Waals surface area contributed by atoms with E-state index in [1.807, 2.05) is 0 Å². The van der Waals surface area contributed by atoms with Gasteiger partial charge in [-0.3, -0.25) is 0 Å². The molecule has 0 saturated heterocycles. The Hall–Kier alpha value is -6.50. The molecule has 2 aliphatic rings. The maximum Gasteiger partial charge on any atom is 0.0215 e. The standard InChI is InChI=1S/C76H86/c1-5-9-13-31-51-75(52-32-14-10-6-2)71-45-29-27-43-65(71)67-49-47-63(57-73(67)75)69-55-62(42-26-24-40-60-37-21-18-22-38-60)70(56-61(69)41-25-23-39-59-35-19-17-20-36-59)64-48-50-68-66-44-28-30-46-72(66)76(74(68)58-64,53-33-15-11-7-3)54-34-16-12-8-4/h17-30,35-50,55-58H,5-16,31-34,51-54H2,1-4H3/b39-23+,40-24+,41-25+,42-26+. The molecule has 0 atom stereocenters. The van der Waals surface area contributed by atoms with Crippen molar-refractivity contribution < 1.29 is 0 Å². The van der Waals surface area contributed by atoms with Crippen LogP contribution in [0.3, 0.4) is 0 Å². The second kappa shape index (κ2) is 27.0. The lowest BCUT2D eigenvalue weighted by Crippen LogP contribution is -2.25. The van der Waals surface area contributed by atoms with Crippen LogP contribution in [0.4, 0.5) is 0 Å². The molecule has 0 aliphatic heterocycles. The first kappa shape index (κ1) is 54.3. The van der Waals surface area contributed by atoms with Crippen molar-refractivity contribution in [3.05, 3.63) is 227 Å². The van der Waals surface area contributed by atoms with E-state index in [0.29, 0.717) is 0 Å². The summed E-state index contributed by atoms with van der Waals surface area (Å²) in [5.41, 5.74) is 22.0. The molecule has 0 fully saturated rings. The van der Waals surface area contributed by atoms with Crippen LogP contribution in [0.25, 0.3) is 68.8 Å². The smallest absolute Gasteiger partial charge is 0.0215 e. The first-order valence-electron chi connectivity index (χ1n) is 30.0. The molecule has 0 amide bonds. The van der Waals surface area contributed by atoms with Gasteiger partial charge < -0.3 is 0 Å². The molecule has 0 unspecified atom stereocenters. The van der Waals surface area contributed by atoms with Gasteiger partial charge in [-0.2, -0.15) is 0 Å². The molecule has 7 aromatic carbocycles. The van der Waals surface area contributed by atoms with Crippen molar-refractivity contribution in [1.29, 1.82) is 0 Å². The number of benzene rings is 7. The highest BCUT2D eigenvalue weighted by Crippen LogP contribution is 2.57. The molecule has 0 saturated carbocycles. The van der Waals surface area contributed by atoms with Crippen LogP contribution in [0.5, 0.6) is 0 Å². The van der Waals surface area contributed by atoms with Gasteiger partial charge in [0.05, 0.1) is 0 Å². The second-order valence-electron chi connectivity index (χ2n) is 22.3. The Morgan fingerprint density at radius 3 is 0.974 bits per heavy atom. The van der Waals surface area contributed by atoms with Crippen molar-refractivity contribution in [3.63, 3.8) is 0 Å². The van der Waals surface area contributed by atoms with Gasteiger partial charge >= 0.3 is 0 Å². The van der Waals surface area contributed by atoms with E-state index in [1.54, 1.807) is 11.1 Å². The van der Waals surface area contributed by atoms with E-state index in [4.69, 9.17) is 0 Å². The Bertz CT molecular complexity index is 2850. The molecule has 7 aromatic rings. The minimum atomic E-state index is 0.00429. The molecule has 76 heavy (non-hydrogen) atoms. The molecule has 0 bridgehead atoms. The molecule has 0 aromatic heterocycles. The van der Waals surface area contributed by atoms with E-state index < -0.39 is 0 Å². The Morgan fingerprint density at radius 2 is 0.605 bits per heavy atom. The summed E-state index contributed by atoms with van der Waals surface area (Å²) in [4.78, 5) is 0. The molecule has 9 rings (SSSR count). The second-order valence-corrected chi connectivity index (χ2v) is 22.3. The number of rotatable bonds is 28. The topological polar surface area (TPSA) is 0 Å². The van der Waals surface area contributed by atoms with Crippen molar-refractivity contribution >= 4 is 24.3 Å². The minimum Gasteiger partial charge on any atom is -0.0654 e. The monoisotopic (exact) mass is 999 g/mol. The van der Waals surface area contributed by atoms with Gasteiger partial charge in [-0.1, -0.05) is 312 Å². The van der Waals surface area contributed by atoms with E-state index in [9.17, 15) is 0 Å². The number of unbranched alkanes of at least 4 members (excludes halogenated alkanes) is 12. The SMILES string of the molecule is CCCCCCC1(CCCCCC)c2ccccc2-c2ccc(-c3cc(/C=C/C=C/c4ccccc4)c(-c4ccc5c(c4)C(CCCCCC)(CCCCCC)c4ccccc4-5)cc3/C=C/C=C/c3ccccc3)cc21. The van der Waals surface area contributed by atoms with Crippen molar-refractivity contribution in [2.75, 3.05) is 0 Å². The van der Waals surface area contributed by atoms with Crippen molar-refractivity contribution in [2.45, 2.75) is 167 Å². The molecule has 0 heterocycles. The highest BCUT2D eigenvalue weighted by molar-refractivity contribution is 5.91. The predicted molar refractivity (Wildman–Crippen MR) is 334 cm³/mol. The van der Waals surface area contributed by atoms with Gasteiger partial charge in [0, 0.05) is 10.8 Å². The van der Waals surface area contributed by atoms with Gasteiger partial charge in [0.1, 0.15) is 0 Å².